The average molecular weight is 283 g/mol. The third-order valence-electron chi connectivity index (χ3n) is 3.20. The van der Waals surface area contributed by atoms with E-state index >= 15 is 0 Å². The summed E-state index contributed by atoms with van der Waals surface area (Å²) in [6, 6.07) is 5.79. The zero-order valence-electron chi connectivity index (χ0n) is 10.5. The van der Waals surface area contributed by atoms with Gasteiger partial charge in [0.15, 0.2) is 0 Å². The molecule has 1 aromatic rings. The number of benzene rings is 1. The Balaban J connectivity index is 2.23. The molecule has 2 rings (SSSR count). The molecule has 0 unspecified atom stereocenters. The highest BCUT2D eigenvalue weighted by molar-refractivity contribution is 7.89. The Bertz CT molecular complexity index is 548. The van der Waals surface area contributed by atoms with Gasteiger partial charge in [-0.25, -0.2) is 14.3 Å². The van der Waals surface area contributed by atoms with Gasteiger partial charge >= 0.3 is 0 Å². The topological polar surface area (TPSA) is 92.5 Å². The molecule has 1 aliphatic rings. The van der Waals surface area contributed by atoms with Crippen LogP contribution in [0.3, 0.4) is 0 Å². The predicted molar refractivity (Wildman–Crippen MR) is 70.7 cm³/mol. The van der Waals surface area contributed by atoms with E-state index in [-0.39, 0.29) is 4.90 Å². The normalized spacial score (nSPS) is 17.1. The third-order valence-corrected chi connectivity index (χ3v) is 5.11. The molecule has 0 bridgehead atoms. The summed E-state index contributed by atoms with van der Waals surface area (Å²) in [6.07, 6.45) is 2.86. The van der Waals surface area contributed by atoms with E-state index < -0.39 is 15.9 Å². The Morgan fingerprint density at radius 3 is 2.21 bits per heavy atom. The van der Waals surface area contributed by atoms with E-state index in [1.165, 1.54) is 28.6 Å². The number of piperidine rings is 1. The monoisotopic (exact) mass is 283 g/mol. The number of hydrogen-bond acceptors (Lipinski definition) is 4. The zero-order valence-corrected chi connectivity index (χ0v) is 11.3. The number of amides is 1. The van der Waals surface area contributed by atoms with Crippen molar-refractivity contribution in [3.63, 3.8) is 0 Å². The number of rotatable bonds is 3. The molecule has 1 saturated heterocycles. The van der Waals surface area contributed by atoms with Crippen LogP contribution in [0, 0.1) is 0 Å². The molecular formula is C12H17N3O3S. The van der Waals surface area contributed by atoms with Crippen LogP contribution in [0.25, 0.3) is 0 Å². The standard InChI is InChI=1S/C12H17N3O3S/c13-14-12(16)10-4-6-11(7-5-10)19(17,18)15-8-2-1-3-9-15/h4-7H,1-3,8-9,13H2,(H,14,16). The van der Waals surface area contributed by atoms with Crippen molar-refractivity contribution in [2.75, 3.05) is 13.1 Å². The lowest BCUT2D eigenvalue weighted by atomic mass is 10.2. The number of sulfonamides is 1. The van der Waals surface area contributed by atoms with Gasteiger partial charge in [0.1, 0.15) is 0 Å². The molecule has 1 aliphatic heterocycles. The van der Waals surface area contributed by atoms with Crippen LogP contribution in [0.1, 0.15) is 29.6 Å². The lowest BCUT2D eigenvalue weighted by Crippen LogP contribution is -2.35. The second-order valence-corrected chi connectivity index (χ2v) is 6.40. The SMILES string of the molecule is NNC(=O)c1ccc(S(=O)(=O)N2CCCCC2)cc1. The zero-order chi connectivity index (χ0) is 13.9. The van der Waals surface area contributed by atoms with Crippen molar-refractivity contribution in [2.45, 2.75) is 24.2 Å². The Morgan fingerprint density at radius 2 is 1.68 bits per heavy atom. The molecule has 0 atom stereocenters. The molecule has 7 heteroatoms. The number of nitrogens with one attached hydrogen (secondary N) is 1. The molecule has 6 nitrogen and oxygen atoms in total. The molecule has 1 amide bonds. The van der Waals surface area contributed by atoms with Crippen LogP contribution in [0.2, 0.25) is 0 Å². The summed E-state index contributed by atoms with van der Waals surface area (Å²) in [5, 5.41) is 0. The Labute approximate surface area is 112 Å². The van der Waals surface area contributed by atoms with Crippen molar-refractivity contribution in [1.29, 1.82) is 0 Å². The fourth-order valence-electron chi connectivity index (χ4n) is 2.12. The van der Waals surface area contributed by atoms with Crippen LogP contribution in [-0.2, 0) is 10.0 Å². The summed E-state index contributed by atoms with van der Waals surface area (Å²) in [5.74, 6) is 4.58. The van der Waals surface area contributed by atoms with E-state index in [1.807, 2.05) is 5.43 Å². The minimum Gasteiger partial charge on any atom is -0.290 e. The van der Waals surface area contributed by atoms with Crippen LogP contribution >= 0.6 is 0 Å². The molecule has 1 fully saturated rings. The molecule has 0 aliphatic carbocycles. The molecule has 0 spiro atoms. The molecule has 3 N–H and O–H groups in total. The number of carbonyl (C=O) groups is 1. The van der Waals surface area contributed by atoms with Crippen LogP contribution in [-0.4, -0.2) is 31.7 Å². The van der Waals surface area contributed by atoms with Gasteiger partial charge in [-0.3, -0.25) is 10.2 Å². The van der Waals surface area contributed by atoms with Gasteiger partial charge in [0.25, 0.3) is 5.91 Å². The molecule has 104 valence electrons. The maximum Gasteiger partial charge on any atom is 0.265 e. The van der Waals surface area contributed by atoms with Gasteiger partial charge in [0.05, 0.1) is 4.90 Å². The summed E-state index contributed by atoms with van der Waals surface area (Å²) in [7, 11) is -3.44. The quantitative estimate of drug-likeness (QED) is 0.479. The maximum absolute atomic E-state index is 12.3. The van der Waals surface area contributed by atoms with E-state index in [1.54, 1.807) is 0 Å². The summed E-state index contributed by atoms with van der Waals surface area (Å²) in [6.45, 7) is 1.13. The van der Waals surface area contributed by atoms with Crippen molar-refractivity contribution in [2.24, 2.45) is 5.84 Å². The van der Waals surface area contributed by atoms with Gasteiger partial charge in [-0.1, -0.05) is 6.42 Å². The maximum atomic E-state index is 12.3. The summed E-state index contributed by atoms with van der Waals surface area (Å²) in [5.41, 5.74) is 2.34. The van der Waals surface area contributed by atoms with E-state index in [4.69, 9.17) is 5.84 Å². The van der Waals surface area contributed by atoms with Gasteiger partial charge in [-0.15, -0.1) is 0 Å². The van der Waals surface area contributed by atoms with E-state index in [0.717, 1.165) is 19.3 Å². The van der Waals surface area contributed by atoms with Crippen molar-refractivity contribution in [1.82, 2.24) is 9.73 Å². The van der Waals surface area contributed by atoms with E-state index in [9.17, 15) is 13.2 Å². The number of nitrogens with two attached hydrogens (primary N) is 1. The van der Waals surface area contributed by atoms with Gasteiger partial charge in [-0.05, 0) is 37.1 Å². The third kappa shape index (κ3) is 2.94. The summed E-state index contributed by atoms with van der Waals surface area (Å²) in [4.78, 5) is 11.5. The minimum atomic E-state index is -3.44. The molecular weight excluding hydrogens is 266 g/mol. The van der Waals surface area contributed by atoms with Gasteiger partial charge < -0.3 is 0 Å². The Hall–Kier alpha value is -1.44. The number of hydrazine groups is 1. The van der Waals surface area contributed by atoms with Crippen LogP contribution in [0.5, 0.6) is 0 Å². The van der Waals surface area contributed by atoms with E-state index in [0.29, 0.717) is 18.7 Å². The van der Waals surface area contributed by atoms with Crippen LogP contribution < -0.4 is 11.3 Å². The minimum absolute atomic E-state index is 0.211. The van der Waals surface area contributed by atoms with Crippen LogP contribution in [0.4, 0.5) is 0 Å². The first-order valence-corrected chi connectivity index (χ1v) is 7.61. The van der Waals surface area contributed by atoms with E-state index in [2.05, 4.69) is 0 Å². The fraction of sp³-hybridized carbons (Fsp3) is 0.417. The first-order valence-electron chi connectivity index (χ1n) is 6.17. The van der Waals surface area contributed by atoms with Gasteiger partial charge in [0.2, 0.25) is 10.0 Å². The number of hydrogen-bond donors (Lipinski definition) is 2. The van der Waals surface area contributed by atoms with Crippen molar-refractivity contribution in [3.05, 3.63) is 29.8 Å². The second kappa shape index (κ2) is 5.68. The van der Waals surface area contributed by atoms with Crippen molar-refractivity contribution in [3.8, 4) is 0 Å². The Kier molecular flexibility index (Phi) is 4.18. The lowest BCUT2D eigenvalue weighted by Gasteiger charge is -2.25. The number of nitrogens with zero attached hydrogens (tertiary/aromatic N) is 1. The molecule has 1 aromatic carbocycles. The Morgan fingerprint density at radius 1 is 1.11 bits per heavy atom. The highest BCUT2D eigenvalue weighted by Crippen LogP contribution is 2.20. The molecule has 0 saturated carbocycles. The highest BCUT2D eigenvalue weighted by atomic mass is 32.2. The lowest BCUT2D eigenvalue weighted by molar-refractivity contribution is 0.0953. The second-order valence-electron chi connectivity index (χ2n) is 4.46. The molecule has 0 aromatic heterocycles. The van der Waals surface area contributed by atoms with Gasteiger partial charge in [-0.2, -0.15) is 4.31 Å². The summed E-state index contributed by atoms with van der Waals surface area (Å²) >= 11 is 0. The molecule has 1 heterocycles. The largest absolute Gasteiger partial charge is 0.290 e. The summed E-state index contributed by atoms with van der Waals surface area (Å²) < 4.78 is 26.2. The number of carbonyl (C=O) groups excluding carboxylic acids is 1. The first kappa shape index (κ1) is 14.0. The van der Waals surface area contributed by atoms with Crippen molar-refractivity contribution < 1.29 is 13.2 Å². The smallest absolute Gasteiger partial charge is 0.265 e. The van der Waals surface area contributed by atoms with Crippen molar-refractivity contribution >= 4 is 15.9 Å². The molecule has 19 heavy (non-hydrogen) atoms. The first-order chi connectivity index (χ1) is 9.05. The highest BCUT2D eigenvalue weighted by Gasteiger charge is 2.25. The predicted octanol–water partition coefficient (Wildman–Crippen LogP) is 0.465. The number of nitrogen functional groups attached to an aromatic ring is 1. The average Bonchev–Trinajstić information content (AvgIpc) is 2.47. The fourth-order valence-corrected chi connectivity index (χ4v) is 3.63. The molecule has 0 radical (unpaired) electrons. The van der Waals surface area contributed by atoms with Gasteiger partial charge in [0, 0.05) is 18.7 Å². The van der Waals surface area contributed by atoms with Crippen LogP contribution in [0.15, 0.2) is 29.2 Å².